The summed E-state index contributed by atoms with van der Waals surface area (Å²) in [7, 11) is 0. The lowest BCUT2D eigenvalue weighted by molar-refractivity contribution is -0.172. The largest absolute Gasteiger partial charge is 0.377 e. The number of rotatable bonds is 3. The van der Waals surface area contributed by atoms with Gasteiger partial charge >= 0.3 is 6.03 Å². The number of amides is 2. The number of hydrogen-bond donors (Lipinski definition) is 2. The predicted molar refractivity (Wildman–Crippen MR) is 79.3 cm³/mol. The smallest absolute Gasteiger partial charge is 0.315 e. The minimum absolute atomic E-state index is 0.0957. The summed E-state index contributed by atoms with van der Waals surface area (Å²) in [6.45, 7) is 5.05. The molecule has 22 heavy (non-hydrogen) atoms. The molecule has 120 valence electrons. The molecule has 1 aromatic heterocycles. The number of ether oxygens (including phenoxy) is 1. The zero-order valence-electron chi connectivity index (χ0n) is 13.1. The lowest BCUT2D eigenvalue weighted by Gasteiger charge is -2.63. The van der Waals surface area contributed by atoms with Crippen LogP contribution in [0.1, 0.15) is 42.7 Å². The van der Waals surface area contributed by atoms with Gasteiger partial charge < -0.3 is 19.9 Å². The Hall–Kier alpha value is -1.56. The van der Waals surface area contributed by atoms with Crippen LogP contribution in [0.5, 0.6) is 0 Å². The molecule has 1 saturated heterocycles. The molecule has 6 heteroatoms. The summed E-state index contributed by atoms with van der Waals surface area (Å²) in [6, 6.07) is 0.181. The fraction of sp³-hybridized carbons (Fsp3) is 0.750. The second-order valence-corrected chi connectivity index (χ2v) is 6.94. The number of aryl methyl sites for hydroxylation is 2. The summed E-state index contributed by atoms with van der Waals surface area (Å²) in [6.07, 6.45) is 5.08. The molecule has 2 N–H and O–H groups in total. The average Bonchev–Trinajstić information content (AvgIpc) is 2.99. The Morgan fingerprint density at radius 3 is 2.86 bits per heavy atom. The van der Waals surface area contributed by atoms with Gasteiger partial charge in [0, 0.05) is 36.1 Å². The first kappa shape index (κ1) is 14.1. The van der Waals surface area contributed by atoms with Crippen molar-refractivity contribution in [3.63, 3.8) is 0 Å². The summed E-state index contributed by atoms with van der Waals surface area (Å²) < 4.78 is 11.0. The van der Waals surface area contributed by atoms with E-state index < -0.39 is 0 Å². The number of hydrogen-bond acceptors (Lipinski definition) is 4. The van der Waals surface area contributed by atoms with Crippen LogP contribution in [0.15, 0.2) is 4.52 Å². The molecular formula is C16H23N3O3. The number of fused-ring (bicyclic) bond motifs is 2. The Bertz CT molecular complexity index is 574. The maximum atomic E-state index is 12.3. The number of carbonyl (C=O) groups excluding carboxylic acids is 1. The first-order valence-corrected chi connectivity index (χ1v) is 8.19. The third-order valence-corrected chi connectivity index (χ3v) is 5.93. The predicted octanol–water partition coefficient (Wildman–Crippen LogP) is 2.05. The molecular weight excluding hydrogens is 282 g/mol. The minimum atomic E-state index is -0.0957. The molecule has 4 rings (SSSR count). The number of carbonyl (C=O) groups is 1. The average molecular weight is 305 g/mol. The Labute approximate surface area is 129 Å². The molecule has 3 atom stereocenters. The van der Waals surface area contributed by atoms with Gasteiger partial charge in [0.05, 0.1) is 11.8 Å². The van der Waals surface area contributed by atoms with Gasteiger partial charge in [-0.15, -0.1) is 0 Å². The zero-order valence-corrected chi connectivity index (χ0v) is 13.1. The molecule has 0 aromatic carbocycles. The van der Waals surface area contributed by atoms with E-state index in [0.29, 0.717) is 18.6 Å². The van der Waals surface area contributed by atoms with Gasteiger partial charge in [-0.2, -0.15) is 0 Å². The van der Waals surface area contributed by atoms with Crippen LogP contribution in [-0.4, -0.2) is 29.9 Å². The van der Waals surface area contributed by atoms with Gasteiger partial charge in [-0.05, 0) is 33.1 Å². The molecule has 3 fully saturated rings. The number of urea groups is 1. The monoisotopic (exact) mass is 305 g/mol. The highest BCUT2D eigenvalue weighted by molar-refractivity contribution is 5.74. The maximum Gasteiger partial charge on any atom is 0.315 e. The van der Waals surface area contributed by atoms with Crippen molar-refractivity contribution in [2.75, 3.05) is 6.61 Å². The molecule has 2 heterocycles. The first-order valence-electron chi connectivity index (χ1n) is 8.19. The number of aromatic nitrogens is 1. The summed E-state index contributed by atoms with van der Waals surface area (Å²) in [4.78, 5) is 12.3. The van der Waals surface area contributed by atoms with Crippen LogP contribution >= 0.6 is 0 Å². The number of nitrogens with one attached hydrogen (secondary N) is 2. The normalized spacial score (nSPS) is 31.3. The highest BCUT2D eigenvalue weighted by atomic mass is 16.5. The molecule has 2 aliphatic carbocycles. The van der Waals surface area contributed by atoms with Gasteiger partial charge in [-0.1, -0.05) is 11.6 Å². The van der Waals surface area contributed by atoms with Crippen LogP contribution in [0.2, 0.25) is 0 Å². The molecule has 1 spiro atoms. The maximum absolute atomic E-state index is 12.3. The van der Waals surface area contributed by atoms with Crippen molar-refractivity contribution in [1.82, 2.24) is 15.8 Å². The van der Waals surface area contributed by atoms with Crippen LogP contribution in [0.4, 0.5) is 4.79 Å². The zero-order chi connectivity index (χ0) is 15.3. The Kier molecular flexibility index (Phi) is 3.18. The van der Waals surface area contributed by atoms with Crippen molar-refractivity contribution in [3.05, 3.63) is 17.0 Å². The van der Waals surface area contributed by atoms with Crippen LogP contribution in [0.3, 0.4) is 0 Å². The Morgan fingerprint density at radius 1 is 1.41 bits per heavy atom. The lowest BCUT2D eigenvalue weighted by Crippen LogP contribution is -2.72. The Balaban J connectivity index is 1.36. The van der Waals surface area contributed by atoms with E-state index in [1.165, 1.54) is 19.3 Å². The highest BCUT2D eigenvalue weighted by Gasteiger charge is 2.66. The molecule has 6 nitrogen and oxygen atoms in total. The summed E-state index contributed by atoms with van der Waals surface area (Å²) in [5, 5.41) is 10.0. The van der Waals surface area contributed by atoms with E-state index in [4.69, 9.17) is 9.26 Å². The van der Waals surface area contributed by atoms with Crippen molar-refractivity contribution in [3.8, 4) is 0 Å². The van der Waals surface area contributed by atoms with E-state index in [0.717, 1.165) is 30.0 Å². The molecule has 1 aliphatic heterocycles. The number of nitrogens with zero attached hydrogens (tertiary/aromatic N) is 1. The molecule has 1 aromatic rings. The topological polar surface area (TPSA) is 76.4 Å². The van der Waals surface area contributed by atoms with Crippen molar-refractivity contribution < 1.29 is 14.1 Å². The van der Waals surface area contributed by atoms with Gasteiger partial charge in [0.15, 0.2) is 0 Å². The fourth-order valence-electron chi connectivity index (χ4n) is 4.57. The van der Waals surface area contributed by atoms with Gasteiger partial charge in [0.25, 0.3) is 0 Å². The molecule has 0 bridgehead atoms. The highest BCUT2D eigenvalue weighted by Crippen LogP contribution is 2.62. The fourth-order valence-corrected chi connectivity index (χ4v) is 4.57. The van der Waals surface area contributed by atoms with Crippen LogP contribution in [-0.2, 0) is 11.3 Å². The first-order chi connectivity index (χ1) is 10.6. The van der Waals surface area contributed by atoms with E-state index in [1.807, 2.05) is 13.8 Å². The summed E-state index contributed by atoms with van der Waals surface area (Å²) in [5.74, 6) is 1.27. The second kappa shape index (κ2) is 4.98. The van der Waals surface area contributed by atoms with Crippen molar-refractivity contribution in [2.24, 2.45) is 11.3 Å². The van der Waals surface area contributed by atoms with Crippen LogP contribution in [0.25, 0.3) is 0 Å². The van der Waals surface area contributed by atoms with E-state index >= 15 is 0 Å². The van der Waals surface area contributed by atoms with Crippen molar-refractivity contribution in [1.29, 1.82) is 0 Å². The van der Waals surface area contributed by atoms with Crippen molar-refractivity contribution in [2.45, 2.75) is 58.2 Å². The van der Waals surface area contributed by atoms with Crippen LogP contribution < -0.4 is 10.6 Å². The molecule has 2 amide bonds. The van der Waals surface area contributed by atoms with E-state index in [1.54, 1.807) is 0 Å². The van der Waals surface area contributed by atoms with E-state index in [2.05, 4.69) is 15.8 Å². The lowest BCUT2D eigenvalue weighted by atomic mass is 9.46. The van der Waals surface area contributed by atoms with Gasteiger partial charge in [-0.3, -0.25) is 0 Å². The minimum Gasteiger partial charge on any atom is -0.377 e. The quantitative estimate of drug-likeness (QED) is 0.896. The van der Waals surface area contributed by atoms with Crippen LogP contribution in [0, 0.1) is 25.2 Å². The molecule has 0 radical (unpaired) electrons. The van der Waals surface area contributed by atoms with Gasteiger partial charge in [0.1, 0.15) is 5.76 Å². The molecule has 2 saturated carbocycles. The summed E-state index contributed by atoms with van der Waals surface area (Å²) in [5.41, 5.74) is 2.02. The summed E-state index contributed by atoms with van der Waals surface area (Å²) >= 11 is 0. The molecule has 3 aliphatic rings. The molecule has 0 unspecified atom stereocenters. The van der Waals surface area contributed by atoms with E-state index in [9.17, 15) is 4.79 Å². The van der Waals surface area contributed by atoms with Crippen molar-refractivity contribution >= 4 is 6.03 Å². The third-order valence-electron chi connectivity index (χ3n) is 5.93. The Morgan fingerprint density at radius 2 is 2.23 bits per heavy atom. The third kappa shape index (κ3) is 1.89. The SMILES string of the molecule is Cc1noc(C)c1CNC(=O)N[C@@H]1[C@H]2CCO[C@@H]2C12CCC2. The second-order valence-electron chi connectivity index (χ2n) is 6.94. The van der Waals surface area contributed by atoms with Gasteiger partial charge in [0.2, 0.25) is 0 Å². The van der Waals surface area contributed by atoms with Gasteiger partial charge in [-0.25, -0.2) is 4.79 Å². The van der Waals surface area contributed by atoms with E-state index in [-0.39, 0.29) is 17.5 Å². The standard InChI is InChI=1S/C16H23N3O3/c1-9-12(10(2)22-19-9)8-17-15(20)18-13-11-4-7-21-14(11)16(13)5-3-6-16/h11,13-14H,3-8H2,1-2H3,(H2,17,18,20)/t11-,13-,14+/m1/s1.